The molecule has 0 aliphatic carbocycles. The van der Waals surface area contributed by atoms with E-state index in [1.54, 1.807) is 12.4 Å². The molecule has 1 aliphatic heterocycles. The van der Waals surface area contributed by atoms with Gasteiger partial charge in [-0.1, -0.05) is 19.8 Å². The molecule has 2 rings (SSSR count). The van der Waals surface area contributed by atoms with Crippen LogP contribution in [0, 0.1) is 0 Å². The Kier molecular flexibility index (Phi) is 5.12. The Balaban J connectivity index is 1.85. The van der Waals surface area contributed by atoms with E-state index in [0.717, 1.165) is 38.9 Å². The third-order valence-electron chi connectivity index (χ3n) is 3.36. The van der Waals surface area contributed by atoms with Gasteiger partial charge >= 0.3 is 0 Å². The van der Waals surface area contributed by atoms with Gasteiger partial charge in [0.05, 0.1) is 5.56 Å². The van der Waals surface area contributed by atoms with Crippen LogP contribution in [0.4, 0.5) is 5.95 Å². The molecule has 104 valence electrons. The highest BCUT2D eigenvalue weighted by molar-refractivity contribution is 5.93. The van der Waals surface area contributed by atoms with E-state index in [2.05, 4.69) is 22.2 Å². The second-order valence-electron chi connectivity index (χ2n) is 4.93. The van der Waals surface area contributed by atoms with Crippen LogP contribution in [0.3, 0.4) is 0 Å². The molecule has 2 heterocycles. The number of hydrogen-bond donors (Lipinski definition) is 1. The molecule has 1 aromatic rings. The minimum Gasteiger partial charge on any atom is -0.354 e. The van der Waals surface area contributed by atoms with Crippen LogP contribution >= 0.6 is 0 Å². The molecule has 0 bridgehead atoms. The minimum atomic E-state index is 0.0510. The second-order valence-corrected chi connectivity index (χ2v) is 4.93. The molecule has 1 N–H and O–H groups in total. The van der Waals surface area contributed by atoms with E-state index in [0.29, 0.717) is 11.5 Å². The van der Waals surface area contributed by atoms with Gasteiger partial charge in [-0.2, -0.15) is 0 Å². The first kappa shape index (κ1) is 13.8. The zero-order valence-corrected chi connectivity index (χ0v) is 11.6. The maximum atomic E-state index is 12.1. The second kappa shape index (κ2) is 7.07. The molecule has 0 spiro atoms. The summed E-state index contributed by atoms with van der Waals surface area (Å²) < 4.78 is 0. The fourth-order valence-electron chi connectivity index (χ4n) is 2.21. The third kappa shape index (κ3) is 3.91. The monoisotopic (exact) mass is 262 g/mol. The van der Waals surface area contributed by atoms with E-state index < -0.39 is 0 Å². The topological polar surface area (TPSA) is 58.1 Å². The molecule has 1 fully saturated rings. The maximum absolute atomic E-state index is 12.1. The standard InChI is InChI=1S/C14H22N4O/c1-2-3-4-7-15-14-16-10-12(11-17-14)13(19)18-8-5-6-9-18/h10-11H,2-9H2,1H3,(H,15,16,17). The maximum Gasteiger partial charge on any atom is 0.256 e. The lowest BCUT2D eigenvalue weighted by Crippen LogP contribution is -2.27. The average Bonchev–Trinajstić information content (AvgIpc) is 2.98. The third-order valence-corrected chi connectivity index (χ3v) is 3.36. The fourth-order valence-corrected chi connectivity index (χ4v) is 2.21. The Bertz CT molecular complexity index is 398. The molecule has 1 saturated heterocycles. The van der Waals surface area contributed by atoms with Crippen LogP contribution in [-0.4, -0.2) is 40.4 Å². The number of nitrogens with zero attached hydrogens (tertiary/aromatic N) is 3. The van der Waals surface area contributed by atoms with Crippen LogP contribution < -0.4 is 5.32 Å². The summed E-state index contributed by atoms with van der Waals surface area (Å²) in [5.74, 6) is 0.657. The van der Waals surface area contributed by atoms with Crippen molar-refractivity contribution in [3.05, 3.63) is 18.0 Å². The van der Waals surface area contributed by atoms with Crippen molar-refractivity contribution < 1.29 is 4.79 Å². The van der Waals surface area contributed by atoms with E-state index in [1.807, 2.05) is 4.90 Å². The minimum absolute atomic E-state index is 0.0510. The van der Waals surface area contributed by atoms with Crippen LogP contribution in [0.25, 0.3) is 0 Å². The smallest absolute Gasteiger partial charge is 0.256 e. The lowest BCUT2D eigenvalue weighted by atomic mass is 10.2. The van der Waals surface area contributed by atoms with Gasteiger partial charge in [-0.15, -0.1) is 0 Å². The van der Waals surface area contributed by atoms with Crippen LogP contribution in [-0.2, 0) is 0 Å². The van der Waals surface area contributed by atoms with Crippen LogP contribution in [0.15, 0.2) is 12.4 Å². The van der Waals surface area contributed by atoms with Gasteiger partial charge in [-0.25, -0.2) is 9.97 Å². The molecule has 19 heavy (non-hydrogen) atoms. The zero-order chi connectivity index (χ0) is 13.5. The Hall–Kier alpha value is -1.65. The van der Waals surface area contributed by atoms with E-state index >= 15 is 0 Å². The number of amides is 1. The highest BCUT2D eigenvalue weighted by Crippen LogP contribution is 2.12. The summed E-state index contributed by atoms with van der Waals surface area (Å²) in [5, 5.41) is 3.17. The summed E-state index contributed by atoms with van der Waals surface area (Å²) in [5.41, 5.74) is 0.584. The molecular formula is C14H22N4O. The van der Waals surface area contributed by atoms with Crippen molar-refractivity contribution in [2.24, 2.45) is 0 Å². The Morgan fingerprint density at radius 3 is 2.58 bits per heavy atom. The molecule has 1 amide bonds. The van der Waals surface area contributed by atoms with Crippen molar-refractivity contribution in [2.75, 3.05) is 25.0 Å². The van der Waals surface area contributed by atoms with Gasteiger partial charge in [0.1, 0.15) is 0 Å². The lowest BCUT2D eigenvalue weighted by Gasteiger charge is -2.14. The number of carbonyl (C=O) groups is 1. The van der Waals surface area contributed by atoms with Crippen LogP contribution in [0.1, 0.15) is 49.4 Å². The van der Waals surface area contributed by atoms with Gasteiger partial charge < -0.3 is 10.2 Å². The first-order chi connectivity index (χ1) is 9.31. The summed E-state index contributed by atoms with van der Waals surface area (Å²) >= 11 is 0. The predicted molar refractivity (Wildman–Crippen MR) is 75.2 cm³/mol. The van der Waals surface area contributed by atoms with Crippen molar-refractivity contribution in [2.45, 2.75) is 39.0 Å². The largest absolute Gasteiger partial charge is 0.354 e. The van der Waals surface area contributed by atoms with Crippen molar-refractivity contribution in [1.82, 2.24) is 14.9 Å². The Morgan fingerprint density at radius 1 is 1.26 bits per heavy atom. The highest BCUT2D eigenvalue weighted by Gasteiger charge is 2.19. The molecule has 1 aromatic heterocycles. The number of nitrogens with one attached hydrogen (secondary N) is 1. The van der Waals surface area contributed by atoms with Crippen molar-refractivity contribution in [1.29, 1.82) is 0 Å². The van der Waals surface area contributed by atoms with Crippen LogP contribution in [0.5, 0.6) is 0 Å². The number of hydrogen-bond acceptors (Lipinski definition) is 4. The SMILES string of the molecule is CCCCCNc1ncc(C(=O)N2CCCC2)cn1. The molecule has 5 nitrogen and oxygen atoms in total. The average molecular weight is 262 g/mol. The number of carbonyl (C=O) groups excluding carboxylic acids is 1. The van der Waals surface area contributed by atoms with Gasteiger partial charge in [0, 0.05) is 32.0 Å². The van der Waals surface area contributed by atoms with E-state index in [9.17, 15) is 4.79 Å². The number of aromatic nitrogens is 2. The van der Waals surface area contributed by atoms with Gasteiger partial charge in [0.25, 0.3) is 5.91 Å². The van der Waals surface area contributed by atoms with Crippen LogP contribution in [0.2, 0.25) is 0 Å². The van der Waals surface area contributed by atoms with Gasteiger partial charge in [0.15, 0.2) is 0 Å². The highest BCUT2D eigenvalue weighted by atomic mass is 16.2. The van der Waals surface area contributed by atoms with E-state index in [4.69, 9.17) is 0 Å². The molecule has 0 aromatic carbocycles. The molecule has 0 radical (unpaired) electrons. The lowest BCUT2D eigenvalue weighted by molar-refractivity contribution is 0.0792. The van der Waals surface area contributed by atoms with Crippen molar-refractivity contribution in [3.63, 3.8) is 0 Å². The zero-order valence-electron chi connectivity index (χ0n) is 11.6. The number of rotatable bonds is 6. The summed E-state index contributed by atoms with van der Waals surface area (Å²) in [6.45, 7) is 4.77. The van der Waals surface area contributed by atoms with E-state index in [-0.39, 0.29) is 5.91 Å². The number of anilines is 1. The fraction of sp³-hybridized carbons (Fsp3) is 0.643. The summed E-state index contributed by atoms with van der Waals surface area (Å²) in [6.07, 6.45) is 8.97. The predicted octanol–water partition coefficient (Wildman–Crippen LogP) is 2.31. The number of unbranched alkanes of at least 4 members (excludes halogenated alkanes) is 2. The van der Waals surface area contributed by atoms with E-state index in [1.165, 1.54) is 12.8 Å². The van der Waals surface area contributed by atoms with Gasteiger partial charge in [0.2, 0.25) is 5.95 Å². The van der Waals surface area contributed by atoms with Gasteiger partial charge in [-0.05, 0) is 19.3 Å². The molecule has 0 unspecified atom stereocenters. The quantitative estimate of drug-likeness (QED) is 0.799. The summed E-state index contributed by atoms with van der Waals surface area (Å²) in [4.78, 5) is 22.3. The van der Waals surface area contributed by atoms with Crippen molar-refractivity contribution >= 4 is 11.9 Å². The first-order valence-electron chi connectivity index (χ1n) is 7.16. The molecular weight excluding hydrogens is 240 g/mol. The summed E-state index contributed by atoms with van der Waals surface area (Å²) in [7, 11) is 0. The summed E-state index contributed by atoms with van der Waals surface area (Å²) in [6, 6.07) is 0. The van der Waals surface area contributed by atoms with Crippen molar-refractivity contribution in [3.8, 4) is 0 Å². The molecule has 0 saturated carbocycles. The van der Waals surface area contributed by atoms with Gasteiger partial charge in [-0.3, -0.25) is 4.79 Å². The normalized spacial score (nSPS) is 14.7. The first-order valence-corrected chi connectivity index (χ1v) is 7.16. The molecule has 1 aliphatic rings. The molecule has 0 atom stereocenters. The molecule has 5 heteroatoms. The Morgan fingerprint density at radius 2 is 1.95 bits per heavy atom. The Labute approximate surface area is 114 Å². The number of likely N-dealkylation sites (tertiary alicyclic amines) is 1.